The molecule has 0 bridgehead atoms. The lowest BCUT2D eigenvalue weighted by Gasteiger charge is -2.17. The monoisotopic (exact) mass is 417 g/mol. The molecule has 152 valence electrons. The van der Waals surface area contributed by atoms with Gasteiger partial charge in [0.1, 0.15) is 0 Å². The Hall–Kier alpha value is -2.95. The average molecular weight is 418 g/mol. The number of rotatable bonds is 5. The summed E-state index contributed by atoms with van der Waals surface area (Å²) in [5.74, 6) is 0.575. The molecule has 0 aliphatic carbocycles. The first kappa shape index (κ1) is 19.0. The summed E-state index contributed by atoms with van der Waals surface area (Å²) in [6, 6.07) is 10.2. The normalized spacial score (nSPS) is 17.1. The molecule has 4 aromatic rings. The van der Waals surface area contributed by atoms with Crippen molar-refractivity contribution in [3.05, 3.63) is 69.2 Å². The highest BCUT2D eigenvalue weighted by molar-refractivity contribution is 7.15. The van der Waals surface area contributed by atoms with Gasteiger partial charge in [0.2, 0.25) is 0 Å². The lowest BCUT2D eigenvalue weighted by Crippen LogP contribution is -2.28. The van der Waals surface area contributed by atoms with Crippen molar-refractivity contribution in [3.63, 3.8) is 0 Å². The number of benzene rings is 1. The second-order valence-corrected chi connectivity index (χ2v) is 8.97. The van der Waals surface area contributed by atoms with Gasteiger partial charge in [0, 0.05) is 54.2 Å². The van der Waals surface area contributed by atoms with Crippen molar-refractivity contribution in [2.45, 2.75) is 26.3 Å². The Bertz CT molecular complexity index is 1330. The zero-order valence-corrected chi connectivity index (χ0v) is 17.7. The van der Waals surface area contributed by atoms with Crippen LogP contribution in [-0.4, -0.2) is 38.5 Å². The van der Waals surface area contributed by atoms with E-state index in [0.29, 0.717) is 11.5 Å². The van der Waals surface area contributed by atoms with Crippen LogP contribution in [0.1, 0.15) is 23.2 Å². The quantitative estimate of drug-likeness (QED) is 0.499. The zero-order valence-electron chi connectivity index (χ0n) is 16.9. The first-order chi connectivity index (χ1) is 14.6. The number of hydrogen-bond acceptors (Lipinski definition) is 5. The molecule has 4 heterocycles. The van der Waals surface area contributed by atoms with Gasteiger partial charge in [-0.2, -0.15) is 5.26 Å². The summed E-state index contributed by atoms with van der Waals surface area (Å²) in [6.45, 7) is 5.87. The van der Waals surface area contributed by atoms with Gasteiger partial charge in [-0.1, -0.05) is 6.07 Å². The van der Waals surface area contributed by atoms with Crippen LogP contribution >= 0.6 is 11.3 Å². The molecule has 0 N–H and O–H groups in total. The predicted molar refractivity (Wildman–Crippen MR) is 119 cm³/mol. The molecule has 7 heteroatoms. The van der Waals surface area contributed by atoms with Crippen LogP contribution in [0.3, 0.4) is 0 Å². The van der Waals surface area contributed by atoms with Crippen LogP contribution in [0.25, 0.3) is 15.9 Å². The molecule has 0 radical (unpaired) electrons. The molecule has 1 fully saturated rings. The van der Waals surface area contributed by atoms with Crippen molar-refractivity contribution in [1.82, 2.24) is 18.9 Å². The molecule has 1 saturated heterocycles. The number of aryl methyl sites for hydroxylation is 1. The van der Waals surface area contributed by atoms with Crippen molar-refractivity contribution >= 4 is 27.2 Å². The summed E-state index contributed by atoms with van der Waals surface area (Å²) in [6.07, 6.45) is 5.82. The second kappa shape index (κ2) is 7.71. The van der Waals surface area contributed by atoms with Crippen molar-refractivity contribution in [2.24, 2.45) is 5.92 Å². The summed E-state index contributed by atoms with van der Waals surface area (Å²) in [7, 11) is 0. The lowest BCUT2D eigenvalue weighted by atomic mass is 10.1. The highest BCUT2D eigenvalue weighted by atomic mass is 32.1. The molecule has 1 atom stereocenters. The van der Waals surface area contributed by atoms with Crippen molar-refractivity contribution in [1.29, 1.82) is 5.26 Å². The van der Waals surface area contributed by atoms with E-state index in [9.17, 15) is 10.1 Å². The van der Waals surface area contributed by atoms with Crippen LogP contribution in [0.5, 0.6) is 0 Å². The Kier molecular flexibility index (Phi) is 4.89. The Labute approximate surface area is 178 Å². The van der Waals surface area contributed by atoms with E-state index in [4.69, 9.17) is 0 Å². The molecular formula is C23H23N5OS. The van der Waals surface area contributed by atoms with Crippen LogP contribution < -0.4 is 5.56 Å². The number of fused-ring (bicyclic) bond motifs is 2. The SMILES string of the molecule is Cc1nc2sccn2c(=O)c1CCN1CCC(Cn2ccc3ccc(C#N)cc32)C1. The lowest BCUT2D eigenvalue weighted by molar-refractivity contribution is 0.320. The fourth-order valence-corrected chi connectivity index (χ4v) is 5.28. The molecule has 6 nitrogen and oxygen atoms in total. The highest BCUT2D eigenvalue weighted by Gasteiger charge is 2.23. The standard InChI is InChI=1S/C23H23N5OS/c1-16-20(22(29)28-10-11-30-23(28)25-16)6-8-26-7-4-18(14-26)15-27-9-5-19-3-2-17(13-24)12-21(19)27/h2-3,5,9-12,18H,4,6-8,14-15H2,1H3. The second-order valence-electron chi connectivity index (χ2n) is 8.10. The maximum Gasteiger partial charge on any atom is 0.261 e. The third-order valence-corrected chi connectivity index (χ3v) is 6.93. The minimum Gasteiger partial charge on any atom is -0.347 e. The van der Waals surface area contributed by atoms with Crippen LogP contribution in [0, 0.1) is 24.2 Å². The summed E-state index contributed by atoms with van der Waals surface area (Å²) in [5, 5.41) is 12.3. The Morgan fingerprint density at radius 3 is 3.07 bits per heavy atom. The van der Waals surface area contributed by atoms with Crippen molar-refractivity contribution < 1.29 is 0 Å². The van der Waals surface area contributed by atoms with Gasteiger partial charge in [-0.25, -0.2) is 4.98 Å². The van der Waals surface area contributed by atoms with Gasteiger partial charge in [0.05, 0.1) is 11.6 Å². The molecule has 3 aromatic heterocycles. The largest absolute Gasteiger partial charge is 0.347 e. The van der Waals surface area contributed by atoms with Crippen molar-refractivity contribution in [3.8, 4) is 6.07 Å². The first-order valence-corrected chi connectivity index (χ1v) is 11.2. The molecular weight excluding hydrogens is 394 g/mol. The number of hydrogen-bond donors (Lipinski definition) is 0. The zero-order chi connectivity index (χ0) is 20.7. The smallest absolute Gasteiger partial charge is 0.261 e. The molecule has 0 spiro atoms. The molecule has 5 rings (SSSR count). The van der Waals surface area contributed by atoms with E-state index in [-0.39, 0.29) is 5.56 Å². The molecule has 0 saturated carbocycles. The van der Waals surface area contributed by atoms with Crippen LogP contribution in [0.15, 0.2) is 46.8 Å². The summed E-state index contributed by atoms with van der Waals surface area (Å²) in [5.41, 5.74) is 3.58. The van der Waals surface area contributed by atoms with E-state index >= 15 is 0 Å². The third kappa shape index (κ3) is 3.42. The van der Waals surface area contributed by atoms with E-state index in [1.807, 2.05) is 36.7 Å². The minimum atomic E-state index is 0.0709. The van der Waals surface area contributed by atoms with Gasteiger partial charge in [-0.05, 0) is 55.8 Å². The summed E-state index contributed by atoms with van der Waals surface area (Å²) >= 11 is 1.49. The Morgan fingerprint density at radius 1 is 1.30 bits per heavy atom. The van der Waals surface area contributed by atoms with E-state index in [0.717, 1.165) is 60.8 Å². The molecule has 30 heavy (non-hydrogen) atoms. The number of likely N-dealkylation sites (tertiary alicyclic amines) is 1. The van der Waals surface area contributed by atoms with Crippen LogP contribution in [-0.2, 0) is 13.0 Å². The topological polar surface area (TPSA) is 66.3 Å². The number of aromatic nitrogens is 3. The molecule has 1 unspecified atom stereocenters. The first-order valence-electron chi connectivity index (χ1n) is 10.3. The van der Waals surface area contributed by atoms with Crippen LogP contribution in [0.2, 0.25) is 0 Å². The molecule has 1 aliphatic heterocycles. The number of thiazole rings is 1. The van der Waals surface area contributed by atoms with Gasteiger partial charge in [0.25, 0.3) is 5.56 Å². The summed E-state index contributed by atoms with van der Waals surface area (Å²) < 4.78 is 3.93. The van der Waals surface area contributed by atoms with E-state index in [2.05, 4.69) is 32.8 Å². The van der Waals surface area contributed by atoms with Gasteiger partial charge in [0.15, 0.2) is 4.96 Å². The fourth-order valence-electron chi connectivity index (χ4n) is 4.53. The van der Waals surface area contributed by atoms with E-state index in [1.54, 1.807) is 4.40 Å². The average Bonchev–Trinajstić information content (AvgIpc) is 3.48. The van der Waals surface area contributed by atoms with Crippen molar-refractivity contribution in [2.75, 3.05) is 19.6 Å². The van der Waals surface area contributed by atoms with E-state index in [1.165, 1.54) is 16.7 Å². The maximum absolute atomic E-state index is 12.8. The minimum absolute atomic E-state index is 0.0709. The Balaban J connectivity index is 1.25. The highest BCUT2D eigenvalue weighted by Crippen LogP contribution is 2.23. The number of nitriles is 1. The van der Waals surface area contributed by atoms with E-state index < -0.39 is 0 Å². The molecule has 1 aliphatic rings. The molecule has 1 aromatic carbocycles. The maximum atomic E-state index is 12.8. The number of nitrogens with zero attached hydrogens (tertiary/aromatic N) is 5. The van der Waals surface area contributed by atoms with Gasteiger partial charge in [-0.15, -0.1) is 11.3 Å². The van der Waals surface area contributed by atoms with Gasteiger partial charge >= 0.3 is 0 Å². The Morgan fingerprint density at radius 2 is 2.20 bits per heavy atom. The summed E-state index contributed by atoms with van der Waals surface area (Å²) in [4.78, 5) is 20.6. The fraction of sp³-hybridized carbons (Fsp3) is 0.348. The predicted octanol–water partition coefficient (Wildman–Crippen LogP) is 3.46. The van der Waals surface area contributed by atoms with Gasteiger partial charge in [-0.3, -0.25) is 9.20 Å². The third-order valence-electron chi connectivity index (χ3n) is 6.17. The molecule has 0 amide bonds. The van der Waals surface area contributed by atoms with Crippen LogP contribution in [0.4, 0.5) is 0 Å². The van der Waals surface area contributed by atoms with Gasteiger partial charge < -0.3 is 9.47 Å².